The van der Waals surface area contributed by atoms with Crippen molar-refractivity contribution >= 4 is 42.1 Å². The molecule has 2 aromatic carbocycles. The van der Waals surface area contributed by atoms with Gasteiger partial charge in [0, 0.05) is 18.5 Å². The Morgan fingerprint density at radius 1 is 1.03 bits per heavy atom. The van der Waals surface area contributed by atoms with Crippen LogP contribution in [0.3, 0.4) is 0 Å². The van der Waals surface area contributed by atoms with Crippen LogP contribution in [0.15, 0.2) is 41.2 Å². The topological polar surface area (TPSA) is 96.1 Å². The summed E-state index contributed by atoms with van der Waals surface area (Å²) in [6, 6.07) is 9.19. The lowest BCUT2D eigenvalue weighted by Gasteiger charge is -2.22. The molecule has 0 saturated heterocycles. The van der Waals surface area contributed by atoms with Crippen LogP contribution >= 0.6 is 36.2 Å². The maximum absolute atomic E-state index is 13.3. The SMILES string of the molecule is COc1c(Oc2ccc(CCN)cc2)cc(C(=O)N(C)Cc2cscn2)c(OC)c1OC.Cl.Cl. The van der Waals surface area contributed by atoms with E-state index < -0.39 is 0 Å². The third-order valence-electron chi connectivity index (χ3n) is 4.81. The third-order valence-corrected chi connectivity index (χ3v) is 5.45. The highest BCUT2D eigenvalue weighted by atomic mass is 35.5. The van der Waals surface area contributed by atoms with Gasteiger partial charge in [-0.05, 0) is 30.7 Å². The molecule has 0 aliphatic heterocycles. The van der Waals surface area contributed by atoms with E-state index in [9.17, 15) is 4.79 Å². The van der Waals surface area contributed by atoms with Gasteiger partial charge in [0.05, 0.1) is 44.6 Å². The number of hydrogen-bond donors (Lipinski definition) is 1. The van der Waals surface area contributed by atoms with Gasteiger partial charge in [0.2, 0.25) is 11.5 Å². The number of aromatic nitrogens is 1. The van der Waals surface area contributed by atoms with Gasteiger partial charge in [0.15, 0.2) is 11.5 Å². The summed E-state index contributed by atoms with van der Waals surface area (Å²) >= 11 is 1.48. The first-order chi connectivity index (χ1) is 15.5. The van der Waals surface area contributed by atoms with Crippen molar-refractivity contribution in [3.8, 4) is 28.7 Å². The lowest BCUT2D eigenvalue weighted by atomic mass is 10.1. The molecule has 0 radical (unpaired) electrons. The van der Waals surface area contributed by atoms with Crippen molar-refractivity contribution in [1.29, 1.82) is 0 Å². The Labute approximate surface area is 215 Å². The molecule has 2 N–H and O–H groups in total. The van der Waals surface area contributed by atoms with E-state index in [4.69, 9.17) is 24.7 Å². The lowest BCUT2D eigenvalue weighted by Crippen LogP contribution is -2.27. The number of hydrogen-bond acceptors (Lipinski definition) is 8. The second-order valence-electron chi connectivity index (χ2n) is 6.95. The highest BCUT2D eigenvalue weighted by Gasteiger charge is 2.27. The third kappa shape index (κ3) is 6.66. The largest absolute Gasteiger partial charge is 0.492 e. The van der Waals surface area contributed by atoms with E-state index >= 15 is 0 Å². The Balaban J connectivity index is 0.00000289. The molecule has 0 aliphatic rings. The maximum atomic E-state index is 13.3. The van der Waals surface area contributed by atoms with Crippen LogP contribution in [0.2, 0.25) is 0 Å². The van der Waals surface area contributed by atoms with Gasteiger partial charge in [0.1, 0.15) is 5.75 Å². The fourth-order valence-electron chi connectivity index (χ4n) is 3.27. The molecule has 0 aliphatic carbocycles. The summed E-state index contributed by atoms with van der Waals surface area (Å²) in [5, 5.41) is 1.90. The molecule has 34 heavy (non-hydrogen) atoms. The van der Waals surface area contributed by atoms with Crippen molar-refractivity contribution in [3.05, 3.63) is 58.0 Å². The average Bonchev–Trinajstić information content (AvgIpc) is 3.32. The zero-order valence-electron chi connectivity index (χ0n) is 19.4. The van der Waals surface area contributed by atoms with Crippen LogP contribution in [-0.2, 0) is 13.0 Å². The number of nitrogens with two attached hydrogens (primary N) is 1. The number of methoxy groups -OCH3 is 3. The van der Waals surface area contributed by atoms with Crippen molar-refractivity contribution in [2.75, 3.05) is 34.9 Å². The Hall–Kier alpha value is -2.72. The molecule has 0 spiro atoms. The molecular formula is C23H29Cl2N3O5S. The van der Waals surface area contributed by atoms with Crippen LogP contribution in [0.5, 0.6) is 28.7 Å². The minimum atomic E-state index is -0.265. The van der Waals surface area contributed by atoms with Gasteiger partial charge < -0.3 is 29.6 Å². The highest BCUT2D eigenvalue weighted by molar-refractivity contribution is 7.07. The molecule has 3 aromatic rings. The normalized spacial score (nSPS) is 9.91. The first-order valence-corrected chi connectivity index (χ1v) is 10.9. The summed E-state index contributed by atoms with van der Waals surface area (Å²) in [6.07, 6.45) is 0.782. The fraction of sp³-hybridized carbons (Fsp3) is 0.304. The van der Waals surface area contributed by atoms with Gasteiger partial charge in [-0.25, -0.2) is 4.98 Å². The summed E-state index contributed by atoms with van der Waals surface area (Å²) in [5.74, 6) is 1.53. The number of carbonyl (C=O) groups excluding carboxylic acids is 1. The molecule has 1 aromatic heterocycles. The van der Waals surface area contributed by atoms with Crippen molar-refractivity contribution in [1.82, 2.24) is 9.88 Å². The molecule has 8 nitrogen and oxygen atoms in total. The van der Waals surface area contributed by atoms with Crippen molar-refractivity contribution in [3.63, 3.8) is 0 Å². The summed E-state index contributed by atoms with van der Waals surface area (Å²) in [7, 11) is 6.17. The van der Waals surface area contributed by atoms with Gasteiger partial charge >= 0.3 is 0 Å². The zero-order valence-corrected chi connectivity index (χ0v) is 21.9. The Morgan fingerprint density at radius 2 is 1.68 bits per heavy atom. The van der Waals surface area contributed by atoms with Crippen molar-refractivity contribution in [2.24, 2.45) is 5.73 Å². The lowest BCUT2D eigenvalue weighted by molar-refractivity contribution is 0.0779. The summed E-state index contributed by atoms with van der Waals surface area (Å²) < 4.78 is 22.7. The number of carbonyl (C=O) groups is 1. The predicted molar refractivity (Wildman–Crippen MR) is 138 cm³/mol. The molecular weight excluding hydrogens is 501 g/mol. The summed E-state index contributed by atoms with van der Waals surface area (Å²) in [6.45, 7) is 0.933. The minimum absolute atomic E-state index is 0. The highest BCUT2D eigenvalue weighted by Crippen LogP contribution is 2.48. The van der Waals surface area contributed by atoms with Crippen LogP contribution < -0.4 is 24.7 Å². The summed E-state index contributed by atoms with van der Waals surface area (Å²) in [5.41, 5.74) is 9.55. The number of amides is 1. The van der Waals surface area contributed by atoms with E-state index in [1.165, 1.54) is 32.7 Å². The number of rotatable bonds is 10. The standard InChI is InChI=1S/C23H27N3O5S.2ClH/c1-26(12-16-13-32-14-25-16)23(27)18-11-19(21(29-3)22(30-4)20(18)28-2)31-17-7-5-15(6-8-17)9-10-24;;/h5-8,11,13-14H,9-10,12,24H2,1-4H3;2*1H. The first-order valence-electron chi connectivity index (χ1n) is 9.94. The molecule has 0 atom stereocenters. The molecule has 11 heteroatoms. The molecule has 186 valence electrons. The Kier molecular flexibility index (Phi) is 11.9. The average molecular weight is 530 g/mol. The molecule has 0 saturated carbocycles. The molecule has 0 fully saturated rings. The second kappa shape index (κ2) is 13.9. The van der Waals surface area contributed by atoms with E-state index in [2.05, 4.69) is 4.98 Å². The molecule has 3 rings (SSSR count). The van der Waals surface area contributed by atoms with E-state index in [0.29, 0.717) is 30.3 Å². The zero-order chi connectivity index (χ0) is 23.1. The minimum Gasteiger partial charge on any atom is -0.492 e. The monoisotopic (exact) mass is 529 g/mol. The number of thiazole rings is 1. The number of nitrogens with zero attached hydrogens (tertiary/aromatic N) is 2. The quantitative estimate of drug-likeness (QED) is 0.410. The van der Waals surface area contributed by atoms with Crippen LogP contribution in [0.25, 0.3) is 0 Å². The van der Waals surface area contributed by atoms with E-state index in [-0.39, 0.29) is 47.8 Å². The van der Waals surface area contributed by atoms with Gasteiger partial charge in [-0.15, -0.1) is 36.2 Å². The van der Waals surface area contributed by atoms with Gasteiger partial charge in [-0.2, -0.15) is 0 Å². The van der Waals surface area contributed by atoms with Crippen molar-refractivity contribution in [2.45, 2.75) is 13.0 Å². The van der Waals surface area contributed by atoms with Crippen LogP contribution in [0.4, 0.5) is 0 Å². The Morgan fingerprint density at radius 3 is 2.21 bits per heavy atom. The van der Waals surface area contributed by atoms with Crippen LogP contribution in [0, 0.1) is 0 Å². The molecule has 1 amide bonds. The van der Waals surface area contributed by atoms with E-state index in [1.807, 2.05) is 29.6 Å². The van der Waals surface area contributed by atoms with Gasteiger partial charge in [-0.1, -0.05) is 12.1 Å². The second-order valence-corrected chi connectivity index (χ2v) is 7.67. The van der Waals surface area contributed by atoms with Crippen LogP contribution in [0.1, 0.15) is 21.6 Å². The van der Waals surface area contributed by atoms with Gasteiger partial charge in [0.25, 0.3) is 5.91 Å². The molecule has 0 unspecified atom stereocenters. The smallest absolute Gasteiger partial charge is 0.258 e. The molecule has 1 heterocycles. The molecule has 0 bridgehead atoms. The van der Waals surface area contributed by atoms with Gasteiger partial charge in [-0.3, -0.25) is 4.79 Å². The predicted octanol–water partition coefficient (Wildman–Crippen LogP) is 4.58. The number of ether oxygens (including phenoxy) is 4. The fourth-order valence-corrected chi connectivity index (χ4v) is 3.82. The number of benzene rings is 2. The number of halogens is 2. The first kappa shape index (κ1) is 29.3. The van der Waals surface area contributed by atoms with Crippen LogP contribution in [-0.4, -0.2) is 50.7 Å². The van der Waals surface area contributed by atoms with E-state index in [1.54, 1.807) is 23.5 Å². The maximum Gasteiger partial charge on any atom is 0.258 e. The van der Waals surface area contributed by atoms with Crippen molar-refractivity contribution < 1.29 is 23.7 Å². The Bertz CT molecular complexity index is 1050. The van der Waals surface area contributed by atoms with E-state index in [0.717, 1.165) is 17.7 Å². The summed E-state index contributed by atoms with van der Waals surface area (Å²) in [4.78, 5) is 19.1.